The molecule has 2 rings (SSSR count). The van der Waals surface area contributed by atoms with Gasteiger partial charge in [0.1, 0.15) is 5.02 Å². The predicted octanol–water partition coefficient (Wildman–Crippen LogP) is 3.46. The van der Waals surface area contributed by atoms with Crippen LogP contribution in [0, 0.1) is 0 Å². The summed E-state index contributed by atoms with van der Waals surface area (Å²) in [6, 6.07) is 10.1. The first kappa shape index (κ1) is 17.7. The summed E-state index contributed by atoms with van der Waals surface area (Å²) < 4.78 is 30.2. The summed E-state index contributed by atoms with van der Waals surface area (Å²) in [4.78, 5) is 12.2. The average molecular weight is 374 g/mol. The predicted molar refractivity (Wildman–Crippen MR) is 88.7 cm³/mol. The van der Waals surface area contributed by atoms with Gasteiger partial charge in [-0.15, -0.1) is 0 Å². The second-order valence-electron chi connectivity index (χ2n) is 4.75. The van der Waals surface area contributed by atoms with E-state index < -0.39 is 16.0 Å². The van der Waals surface area contributed by atoms with E-state index in [1.54, 1.807) is 12.1 Å². The summed E-state index contributed by atoms with van der Waals surface area (Å²) >= 11 is 11.8. The van der Waals surface area contributed by atoms with E-state index in [2.05, 4.69) is 0 Å². The van der Waals surface area contributed by atoms with Gasteiger partial charge in [-0.2, -0.15) is 0 Å². The molecule has 122 valence electrons. The van der Waals surface area contributed by atoms with Crippen molar-refractivity contribution >= 4 is 39.2 Å². The van der Waals surface area contributed by atoms with Gasteiger partial charge in [0.25, 0.3) is 0 Å². The number of ether oxygens (including phenoxy) is 1. The maximum absolute atomic E-state index is 12.1. The molecule has 0 radical (unpaired) electrons. The van der Waals surface area contributed by atoms with Crippen LogP contribution in [0.25, 0.3) is 0 Å². The molecule has 0 atom stereocenters. The lowest BCUT2D eigenvalue weighted by Crippen LogP contribution is -2.22. The van der Waals surface area contributed by atoms with Crippen LogP contribution >= 0.6 is 23.2 Å². The number of hydrogen-bond acceptors (Lipinski definition) is 4. The third-order valence-corrected chi connectivity index (χ3v) is 5.62. The number of rotatable bonds is 4. The van der Waals surface area contributed by atoms with Gasteiger partial charge in [0, 0.05) is 14.1 Å². The van der Waals surface area contributed by atoms with Crippen LogP contribution in [0.3, 0.4) is 0 Å². The summed E-state index contributed by atoms with van der Waals surface area (Å²) in [7, 11) is -0.689. The molecule has 5 nitrogen and oxygen atoms in total. The quantitative estimate of drug-likeness (QED) is 0.607. The molecule has 0 bridgehead atoms. The molecule has 0 N–H and O–H groups in total. The Labute approximate surface area is 144 Å². The topological polar surface area (TPSA) is 63.7 Å². The molecule has 0 aromatic heterocycles. The molecule has 0 saturated heterocycles. The van der Waals surface area contributed by atoms with Gasteiger partial charge in [-0.1, -0.05) is 29.3 Å². The fourth-order valence-electron chi connectivity index (χ4n) is 1.70. The zero-order valence-corrected chi connectivity index (χ0v) is 14.6. The normalized spacial score (nSPS) is 11.5. The first-order chi connectivity index (χ1) is 10.7. The lowest BCUT2D eigenvalue weighted by atomic mass is 10.2. The van der Waals surface area contributed by atoms with Crippen LogP contribution in [0.15, 0.2) is 47.4 Å². The molecule has 0 fully saturated rings. The van der Waals surface area contributed by atoms with Crippen LogP contribution in [0.2, 0.25) is 10.0 Å². The van der Waals surface area contributed by atoms with Crippen molar-refractivity contribution in [3.8, 4) is 5.75 Å². The maximum atomic E-state index is 12.1. The minimum atomic E-state index is -3.55. The Kier molecular flexibility index (Phi) is 5.31. The summed E-state index contributed by atoms with van der Waals surface area (Å²) in [5.41, 5.74) is 0.193. The number of halogens is 2. The Balaban J connectivity index is 2.23. The number of benzene rings is 2. The van der Waals surface area contributed by atoms with Crippen molar-refractivity contribution in [3.63, 3.8) is 0 Å². The van der Waals surface area contributed by atoms with Gasteiger partial charge in [0.2, 0.25) is 10.0 Å². The molecule has 0 saturated carbocycles. The van der Waals surface area contributed by atoms with Crippen molar-refractivity contribution in [1.29, 1.82) is 0 Å². The monoisotopic (exact) mass is 373 g/mol. The lowest BCUT2D eigenvalue weighted by Gasteiger charge is -2.11. The smallest absolute Gasteiger partial charge is 0.343 e. The number of carbonyl (C=O) groups is 1. The first-order valence-electron chi connectivity index (χ1n) is 6.42. The molecule has 23 heavy (non-hydrogen) atoms. The van der Waals surface area contributed by atoms with Crippen molar-refractivity contribution in [2.75, 3.05) is 14.1 Å². The van der Waals surface area contributed by atoms with Crippen LogP contribution in [-0.4, -0.2) is 32.8 Å². The van der Waals surface area contributed by atoms with Gasteiger partial charge in [-0.25, -0.2) is 17.5 Å². The number of sulfonamides is 1. The van der Waals surface area contributed by atoms with Crippen molar-refractivity contribution < 1.29 is 17.9 Å². The third kappa shape index (κ3) is 3.84. The molecule has 0 unspecified atom stereocenters. The van der Waals surface area contributed by atoms with E-state index >= 15 is 0 Å². The highest BCUT2D eigenvalue weighted by molar-refractivity contribution is 7.89. The number of carbonyl (C=O) groups excluding carboxylic acids is 1. The Bertz CT molecular complexity index is 833. The highest BCUT2D eigenvalue weighted by Gasteiger charge is 2.18. The molecular formula is C15H13Cl2NO4S. The van der Waals surface area contributed by atoms with Crippen LogP contribution in [0.4, 0.5) is 0 Å². The lowest BCUT2D eigenvalue weighted by molar-refractivity contribution is 0.0735. The molecule has 0 amide bonds. The first-order valence-corrected chi connectivity index (χ1v) is 8.62. The van der Waals surface area contributed by atoms with Crippen LogP contribution in [-0.2, 0) is 10.0 Å². The van der Waals surface area contributed by atoms with Gasteiger partial charge in [0.15, 0.2) is 5.75 Å². The highest BCUT2D eigenvalue weighted by atomic mass is 35.5. The molecular weight excluding hydrogens is 361 g/mol. The SMILES string of the molecule is CN(C)S(=O)(=O)c1ccc(C(=O)Oc2cccc(Cl)c2Cl)cc1. The van der Waals surface area contributed by atoms with Gasteiger partial charge < -0.3 is 4.74 Å². The summed E-state index contributed by atoms with van der Waals surface area (Å²) in [5, 5.41) is 0.402. The molecule has 2 aromatic carbocycles. The second kappa shape index (κ2) is 6.88. The van der Waals surface area contributed by atoms with Crippen molar-refractivity contribution in [1.82, 2.24) is 4.31 Å². The molecule has 2 aromatic rings. The van der Waals surface area contributed by atoms with E-state index in [1.807, 2.05) is 0 Å². The Hall–Kier alpha value is -1.60. The van der Waals surface area contributed by atoms with Crippen molar-refractivity contribution in [2.24, 2.45) is 0 Å². The van der Waals surface area contributed by atoms with E-state index in [-0.39, 0.29) is 26.3 Å². The molecule has 8 heteroatoms. The highest BCUT2D eigenvalue weighted by Crippen LogP contribution is 2.32. The van der Waals surface area contributed by atoms with Gasteiger partial charge in [-0.05, 0) is 36.4 Å². The molecule has 0 spiro atoms. The van der Waals surface area contributed by atoms with Gasteiger partial charge in [-0.3, -0.25) is 0 Å². The Morgan fingerprint density at radius 3 is 2.22 bits per heavy atom. The molecule has 0 aliphatic rings. The Morgan fingerprint density at radius 1 is 1.04 bits per heavy atom. The fraction of sp³-hybridized carbons (Fsp3) is 0.133. The van der Waals surface area contributed by atoms with E-state index in [4.69, 9.17) is 27.9 Å². The maximum Gasteiger partial charge on any atom is 0.343 e. The molecule has 0 aliphatic carbocycles. The van der Waals surface area contributed by atoms with Crippen LogP contribution in [0.1, 0.15) is 10.4 Å². The van der Waals surface area contributed by atoms with Crippen LogP contribution in [0.5, 0.6) is 5.75 Å². The van der Waals surface area contributed by atoms with E-state index in [0.29, 0.717) is 0 Å². The van der Waals surface area contributed by atoms with E-state index in [9.17, 15) is 13.2 Å². The van der Waals surface area contributed by atoms with Gasteiger partial charge in [0.05, 0.1) is 15.5 Å². The number of nitrogens with zero attached hydrogens (tertiary/aromatic N) is 1. The van der Waals surface area contributed by atoms with Crippen LogP contribution < -0.4 is 4.74 Å². The Morgan fingerprint density at radius 2 is 1.65 bits per heavy atom. The summed E-state index contributed by atoms with van der Waals surface area (Å²) in [6.45, 7) is 0. The largest absolute Gasteiger partial charge is 0.421 e. The van der Waals surface area contributed by atoms with Crippen molar-refractivity contribution in [3.05, 3.63) is 58.1 Å². The average Bonchev–Trinajstić information content (AvgIpc) is 2.51. The van der Waals surface area contributed by atoms with Crippen molar-refractivity contribution in [2.45, 2.75) is 4.90 Å². The summed E-state index contributed by atoms with van der Waals surface area (Å²) in [6.07, 6.45) is 0. The molecule has 0 aliphatic heterocycles. The summed E-state index contributed by atoms with van der Waals surface area (Å²) in [5.74, 6) is -0.530. The van der Waals surface area contributed by atoms with E-state index in [1.165, 1.54) is 44.4 Å². The standard InChI is InChI=1S/C15H13Cl2NO4S/c1-18(2)23(20,21)11-8-6-10(7-9-11)15(19)22-13-5-3-4-12(16)14(13)17/h3-9H,1-2H3. The minimum absolute atomic E-state index is 0.0832. The zero-order valence-electron chi connectivity index (χ0n) is 12.3. The van der Waals surface area contributed by atoms with E-state index in [0.717, 1.165) is 4.31 Å². The second-order valence-corrected chi connectivity index (χ2v) is 7.69. The third-order valence-electron chi connectivity index (χ3n) is 2.99. The van der Waals surface area contributed by atoms with Gasteiger partial charge >= 0.3 is 5.97 Å². The minimum Gasteiger partial charge on any atom is -0.421 e. The zero-order chi connectivity index (χ0) is 17.2. The fourth-order valence-corrected chi connectivity index (χ4v) is 2.93. The molecule has 0 heterocycles. The number of hydrogen-bond donors (Lipinski definition) is 0. The number of esters is 1.